The predicted octanol–water partition coefficient (Wildman–Crippen LogP) is 4.82. The van der Waals surface area contributed by atoms with Gasteiger partial charge in [0, 0.05) is 17.8 Å². The molecular formula is C29H26N2O8. The van der Waals surface area contributed by atoms with E-state index in [1.165, 1.54) is 45.6 Å². The third kappa shape index (κ3) is 5.81. The quantitative estimate of drug-likeness (QED) is 0.229. The van der Waals surface area contributed by atoms with Crippen molar-refractivity contribution < 1.29 is 33.5 Å². The first-order valence-corrected chi connectivity index (χ1v) is 11.8. The molecule has 0 unspecified atom stereocenters. The van der Waals surface area contributed by atoms with Crippen molar-refractivity contribution in [2.45, 2.75) is 12.3 Å². The SMILES string of the molecule is COC(=O)C1=C(C(=O)OC)N(c2ccc(OC)cc2)[C@H](/C=C/c2ccccc2)O[C@H]1c1ccc([N+](=O)[O-])cc1. The van der Waals surface area contributed by atoms with Gasteiger partial charge < -0.3 is 23.8 Å². The van der Waals surface area contributed by atoms with Crippen molar-refractivity contribution in [1.82, 2.24) is 0 Å². The van der Waals surface area contributed by atoms with Crippen LogP contribution in [0.25, 0.3) is 6.08 Å². The summed E-state index contributed by atoms with van der Waals surface area (Å²) < 4.78 is 21.9. The number of non-ortho nitro benzene ring substituents is 1. The maximum Gasteiger partial charge on any atom is 0.355 e. The van der Waals surface area contributed by atoms with E-state index in [2.05, 4.69) is 0 Å². The summed E-state index contributed by atoms with van der Waals surface area (Å²) in [6.07, 6.45) is 1.56. The van der Waals surface area contributed by atoms with Crippen LogP contribution in [0.4, 0.5) is 11.4 Å². The molecule has 0 aromatic heterocycles. The van der Waals surface area contributed by atoms with Crippen LogP contribution in [0.5, 0.6) is 5.75 Å². The van der Waals surface area contributed by atoms with Crippen LogP contribution < -0.4 is 9.64 Å². The smallest absolute Gasteiger partial charge is 0.355 e. The Morgan fingerprint density at radius 2 is 1.54 bits per heavy atom. The second-order valence-electron chi connectivity index (χ2n) is 8.34. The molecule has 0 bridgehead atoms. The van der Waals surface area contributed by atoms with Gasteiger partial charge in [0.15, 0.2) is 6.23 Å². The van der Waals surface area contributed by atoms with E-state index in [9.17, 15) is 19.7 Å². The molecular weight excluding hydrogens is 504 g/mol. The summed E-state index contributed by atoms with van der Waals surface area (Å²) in [7, 11) is 3.94. The monoisotopic (exact) mass is 530 g/mol. The highest BCUT2D eigenvalue weighted by molar-refractivity contribution is 6.04. The lowest BCUT2D eigenvalue weighted by molar-refractivity contribution is -0.384. The number of rotatable bonds is 8. The Morgan fingerprint density at radius 1 is 0.897 bits per heavy atom. The number of hydrogen-bond acceptors (Lipinski definition) is 9. The van der Waals surface area contributed by atoms with E-state index >= 15 is 0 Å². The Labute approximate surface area is 224 Å². The van der Waals surface area contributed by atoms with E-state index in [1.54, 1.807) is 35.2 Å². The van der Waals surface area contributed by atoms with Gasteiger partial charge in [-0.05, 0) is 53.6 Å². The zero-order valence-electron chi connectivity index (χ0n) is 21.5. The number of esters is 2. The highest BCUT2D eigenvalue weighted by atomic mass is 16.6. The fourth-order valence-electron chi connectivity index (χ4n) is 4.19. The molecule has 0 saturated heterocycles. The number of anilines is 1. The normalized spacial score (nSPS) is 17.2. The first kappa shape index (κ1) is 27.1. The van der Waals surface area contributed by atoms with Crippen LogP contribution in [0, 0.1) is 10.1 Å². The minimum Gasteiger partial charge on any atom is -0.497 e. The fraction of sp³-hybridized carbons (Fsp3) is 0.172. The lowest BCUT2D eigenvalue weighted by atomic mass is 9.96. The van der Waals surface area contributed by atoms with Gasteiger partial charge in [0.25, 0.3) is 5.69 Å². The molecule has 0 amide bonds. The van der Waals surface area contributed by atoms with Crippen LogP contribution in [0.15, 0.2) is 96.2 Å². The average molecular weight is 531 g/mol. The molecule has 0 N–H and O–H groups in total. The molecule has 200 valence electrons. The first-order chi connectivity index (χ1) is 18.9. The van der Waals surface area contributed by atoms with Crippen molar-refractivity contribution in [2.24, 2.45) is 0 Å². The summed E-state index contributed by atoms with van der Waals surface area (Å²) in [6.45, 7) is 0. The number of hydrogen-bond donors (Lipinski definition) is 0. The molecule has 0 spiro atoms. The van der Waals surface area contributed by atoms with E-state index in [0.717, 1.165) is 5.56 Å². The van der Waals surface area contributed by atoms with Crippen LogP contribution in [-0.4, -0.2) is 44.4 Å². The fourth-order valence-corrected chi connectivity index (χ4v) is 4.19. The molecule has 2 atom stereocenters. The minimum absolute atomic E-state index is 0.0909. The van der Waals surface area contributed by atoms with Crippen LogP contribution in [0.2, 0.25) is 0 Å². The Hall–Kier alpha value is -4.96. The van der Waals surface area contributed by atoms with Crippen molar-refractivity contribution in [2.75, 3.05) is 26.2 Å². The first-order valence-electron chi connectivity index (χ1n) is 11.8. The summed E-state index contributed by atoms with van der Waals surface area (Å²) in [6, 6.07) is 21.9. The topological polar surface area (TPSA) is 117 Å². The van der Waals surface area contributed by atoms with Gasteiger partial charge in [-0.3, -0.25) is 10.1 Å². The molecule has 1 aliphatic rings. The molecule has 10 nitrogen and oxygen atoms in total. The number of nitro benzene ring substituents is 1. The van der Waals surface area contributed by atoms with Gasteiger partial charge in [0.2, 0.25) is 0 Å². The number of carbonyl (C=O) groups excluding carboxylic acids is 2. The van der Waals surface area contributed by atoms with Gasteiger partial charge in [-0.25, -0.2) is 9.59 Å². The molecule has 1 heterocycles. The van der Waals surface area contributed by atoms with Gasteiger partial charge in [-0.15, -0.1) is 0 Å². The minimum atomic E-state index is -1.10. The molecule has 0 saturated carbocycles. The zero-order valence-corrected chi connectivity index (χ0v) is 21.5. The third-order valence-electron chi connectivity index (χ3n) is 6.08. The molecule has 0 fully saturated rings. The predicted molar refractivity (Wildman–Crippen MR) is 143 cm³/mol. The van der Waals surface area contributed by atoms with Crippen molar-refractivity contribution in [3.63, 3.8) is 0 Å². The van der Waals surface area contributed by atoms with E-state index < -0.39 is 29.2 Å². The van der Waals surface area contributed by atoms with E-state index in [-0.39, 0.29) is 17.0 Å². The highest BCUT2D eigenvalue weighted by Gasteiger charge is 2.43. The summed E-state index contributed by atoms with van der Waals surface area (Å²) in [5, 5.41) is 11.2. The second-order valence-corrected chi connectivity index (χ2v) is 8.34. The Bertz CT molecular complexity index is 1400. The number of nitrogens with zero attached hydrogens (tertiary/aromatic N) is 2. The average Bonchev–Trinajstić information content (AvgIpc) is 2.99. The zero-order chi connectivity index (χ0) is 27.9. The summed E-state index contributed by atoms with van der Waals surface area (Å²) in [5.41, 5.74) is 1.47. The molecule has 3 aromatic rings. The van der Waals surface area contributed by atoms with Crippen molar-refractivity contribution in [3.05, 3.63) is 117 Å². The van der Waals surface area contributed by atoms with Crippen molar-refractivity contribution in [1.29, 1.82) is 0 Å². The van der Waals surface area contributed by atoms with E-state index in [1.807, 2.05) is 36.4 Å². The summed E-state index contributed by atoms with van der Waals surface area (Å²) in [5.74, 6) is -1.02. The van der Waals surface area contributed by atoms with Gasteiger partial charge in [-0.1, -0.05) is 36.4 Å². The molecule has 0 aliphatic carbocycles. The number of benzene rings is 3. The van der Waals surface area contributed by atoms with Crippen LogP contribution in [-0.2, 0) is 23.8 Å². The van der Waals surface area contributed by atoms with E-state index in [0.29, 0.717) is 17.0 Å². The van der Waals surface area contributed by atoms with E-state index in [4.69, 9.17) is 18.9 Å². The number of carbonyl (C=O) groups is 2. The van der Waals surface area contributed by atoms with Crippen molar-refractivity contribution >= 4 is 29.4 Å². The molecule has 10 heteroatoms. The second kappa shape index (κ2) is 12.1. The number of ether oxygens (including phenoxy) is 4. The lowest BCUT2D eigenvalue weighted by Crippen LogP contribution is -2.46. The maximum atomic E-state index is 13.3. The number of nitro groups is 1. The summed E-state index contributed by atoms with van der Waals surface area (Å²) in [4.78, 5) is 38.7. The summed E-state index contributed by atoms with van der Waals surface area (Å²) >= 11 is 0. The molecule has 39 heavy (non-hydrogen) atoms. The number of methoxy groups -OCH3 is 3. The van der Waals surface area contributed by atoms with Gasteiger partial charge in [-0.2, -0.15) is 0 Å². The van der Waals surface area contributed by atoms with Crippen molar-refractivity contribution in [3.8, 4) is 5.75 Å². The van der Waals surface area contributed by atoms with Crippen LogP contribution in [0.1, 0.15) is 17.2 Å². The molecule has 4 rings (SSSR count). The Morgan fingerprint density at radius 3 is 2.10 bits per heavy atom. The standard InChI is InChI=1S/C29H26N2O8/c1-36-23-16-14-21(15-17-23)30-24(18-9-19-7-5-4-6-8-19)39-27(20-10-12-22(13-11-20)31(34)35)25(28(32)37-2)26(30)29(33)38-3/h4-18,24,27H,1-3H3/b18-9+/t24-,27-/m0/s1. The Balaban J connectivity index is 1.95. The molecule has 1 aliphatic heterocycles. The Kier molecular flexibility index (Phi) is 8.37. The largest absolute Gasteiger partial charge is 0.497 e. The van der Waals surface area contributed by atoms with Crippen LogP contribution >= 0.6 is 0 Å². The maximum absolute atomic E-state index is 13.3. The van der Waals surface area contributed by atoms with Gasteiger partial charge in [0.1, 0.15) is 23.1 Å². The van der Waals surface area contributed by atoms with Crippen LogP contribution in [0.3, 0.4) is 0 Å². The van der Waals surface area contributed by atoms with Gasteiger partial charge in [0.05, 0.1) is 26.3 Å². The van der Waals surface area contributed by atoms with Gasteiger partial charge >= 0.3 is 11.9 Å². The molecule has 3 aromatic carbocycles. The molecule has 0 radical (unpaired) electrons. The third-order valence-corrected chi connectivity index (χ3v) is 6.08. The lowest BCUT2D eigenvalue weighted by Gasteiger charge is -2.41. The highest BCUT2D eigenvalue weighted by Crippen LogP contribution is 2.41.